The third kappa shape index (κ3) is 4.21. The Hall–Kier alpha value is -2.42. The Morgan fingerprint density at radius 3 is 0.767 bits per heavy atom. The van der Waals surface area contributed by atoms with Crippen LogP contribution in [0.4, 0.5) is 0 Å². The summed E-state index contributed by atoms with van der Waals surface area (Å²) in [6.45, 7) is 0. The molecule has 150 valence electrons. The van der Waals surface area contributed by atoms with E-state index >= 15 is 0 Å². The average Bonchev–Trinajstić information content (AvgIpc) is 2.84. The smallest absolute Gasteiger partial charge is 0.0627 e. The van der Waals surface area contributed by atoms with Crippen molar-refractivity contribution in [3.05, 3.63) is 144 Å². The fourth-order valence-electron chi connectivity index (χ4n) is 4.13. The van der Waals surface area contributed by atoms with Gasteiger partial charge in [0.15, 0.2) is 0 Å². The van der Waals surface area contributed by atoms with Crippen LogP contribution in [-0.4, -0.2) is 0 Å². The molecule has 0 radical (unpaired) electrons. The van der Waals surface area contributed by atoms with Gasteiger partial charge in [-0.15, -0.1) is 0 Å². The highest BCUT2D eigenvalue weighted by Crippen LogP contribution is 2.47. The molecule has 4 aromatic carbocycles. The zero-order chi connectivity index (χ0) is 20.9. The van der Waals surface area contributed by atoms with E-state index in [9.17, 15) is 0 Å². The molecular weight excluding hydrogens is 400 g/mol. The molecule has 4 aromatic rings. The van der Waals surface area contributed by atoms with Crippen molar-refractivity contribution in [2.24, 2.45) is 0 Å². The van der Waals surface area contributed by atoms with E-state index in [1.165, 1.54) is 22.3 Å². The van der Waals surface area contributed by atoms with Gasteiger partial charge >= 0.3 is 0 Å². The third-order valence-corrected chi connectivity index (χ3v) is 7.33. The number of rotatable bonds is 7. The highest BCUT2D eigenvalue weighted by Gasteiger charge is 2.36. The van der Waals surface area contributed by atoms with E-state index < -0.39 is 9.49 Å². The first-order valence-corrected chi connectivity index (χ1v) is 11.2. The normalized spacial score (nSPS) is 11.9. The molecule has 0 unspecified atom stereocenters. The van der Waals surface area contributed by atoms with Gasteiger partial charge in [-0.1, -0.05) is 121 Å². The fourth-order valence-corrected chi connectivity index (χ4v) is 4.95. The minimum absolute atomic E-state index is 0.403. The van der Waals surface area contributed by atoms with Gasteiger partial charge in [0.2, 0.25) is 0 Å². The van der Waals surface area contributed by atoms with E-state index in [1.807, 2.05) is 0 Å². The predicted octanol–water partition coefficient (Wildman–Crippen LogP) is 7.51. The largest absolute Gasteiger partial charge is 0.163 e. The van der Waals surface area contributed by atoms with Crippen LogP contribution in [0.25, 0.3) is 0 Å². The molecule has 0 aliphatic rings. The Labute approximate surface area is 190 Å². The monoisotopic (exact) mass is 426 g/mol. The molecule has 0 amide bonds. The maximum atomic E-state index is 5.30. The molecule has 0 aromatic heterocycles. The first-order valence-electron chi connectivity index (χ1n) is 10.3. The van der Waals surface area contributed by atoms with Crippen molar-refractivity contribution >= 4 is 25.3 Å². The number of thiol groups is 2. The first-order chi connectivity index (χ1) is 14.6. The number of benzene rings is 4. The molecule has 0 aliphatic heterocycles. The van der Waals surface area contributed by atoms with Crippen LogP contribution in [0.1, 0.15) is 35.1 Å². The summed E-state index contributed by atoms with van der Waals surface area (Å²) in [4.78, 5) is 0. The van der Waals surface area contributed by atoms with E-state index in [1.54, 1.807) is 0 Å². The second kappa shape index (κ2) is 9.16. The second-order valence-corrected chi connectivity index (χ2v) is 9.21. The van der Waals surface area contributed by atoms with Gasteiger partial charge in [-0.2, -0.15) is 25.3 Å². The zero-order valence-electron chi connectivity index (χ0n) is 16.9. The third-order valence-electron chi connectivity index (χ3n) is 5.85. The SMILES string of the molecule is SC(CCC(S)(c1ccccc1)c1ccccc1)(c1ccccc1)c1ccccc1. The predicted molar refractivity (Wildman–Crippen MR) is 135 cm³/mol. The summed E-state index contributed by atoms with van der Waals surface area (Å²) in [5.41, 5.74) is 4.82. The molecule has 2 heteroatoms. The molecule has 0 fully saturated rings. The summed E-state index contributed by atoms with van der Waals surface area (Å²) in [7, 11) is 0. The van der Waals surface area contributed by atoms with Crippen LogP contribution >= 0.6 is 25.3 Å². The van der Waals surface area contributed by atoms with Gasteiger partial charge in [-0.25, -0.2) is 0 Å². The molecule has 30 heavy (non-hydrogen) atoms. The molecule has 0 N–H and O–H groups in total. The lowest BCUT2D eigenvalue weighted by Crippen LogP contribution is -2.27. The Morgan fingerprint density at radius 1 is 0.367 bits per heavy atom. The molecule has 0 saturated heterocycles. The molecule has 0 nitrogen and oxygen atoms in total. The van der Waals surface area contributed by atoms with Crippen molar-refractivity contribution in [1.29, 1.82) is 0 Å². The van der Waals surface area contributed by atoms with Gasteiger partial charge in [-0.3, -0.25) is 0 Å². The van der Waals surface area contributed by atoms with Crippen LogP contribution < -0.4 is 0 Å². The maximum Gasteiger partial charge on any atom is 0.0627 e. The summed E-state index contributed by atoms with van der Waals surface area (Å²) in [5.74, 6) is 0. The van der Waals surface area contributed by atoms with E-state index in [0.29, 0.717) is 0 Å². The zero-order valence-corrected chi connectivity index (χ0v) is 18.6. The lowest BCUT2D eigenvalue weighted by molar-refractivity contribution is 0.556. The van der Waals surface area contributed by atoms with Crippen LogP contribution in [-0.2, 0) is 9.49 Å². The Bertz CT molecular complexity index is 877. The Kier molecular flexibility index (Phi) is 6.36. The second-order valence-electron chi connectivity index (χ2n) is 7.68. The van der Waals surface area contributed by atoms with E-state index in [0.717, 1.165) is 12.8 Å². The summed E-state index contributed by atoms with van der Waals surface area (Å²) in [6, 6.07) is 42.3. The highest BCUT2D eigenvalue weighted by atomic mass is 32.1. The minimum Gasteiger partial charge on any atom is -0.163 e. The molecular formula is C28H26S2. The van der Waals surface area contributed by atoms with Crippen LogP contribution in [0, 0.1) is 0 Å². The average molecular weight is 427 g/mol. The van der Waals surface area contributed by atoms with Gasteiger partial charge in [0, 0.05) is 0 Å². The van der Waals surface area contributed by atoms with E-state index in [4.69, 9.17) is 25.3 Å². The van der Waals surface area contributed by atoms with Gasteiger partial charge < -0.3 is 0 Å². The van der Waals surface area contributed by atoms with Gasteiger partial charge in [-0.05, 0) is 35.1 Å². The summed E-state index contributed by atoms with van der Waals surface area (Å²) in [6.07, 6.45) is 1.69. The standard InChI is InChI=1S/C28H26S2/c29-27(23-13-5-1-6-14-23,24-15-7-2-8-16-24)21-22-28(30,25-17-9-3-10-18-25)26-19-11-4-12-20-26/h1-20,29-30H,21-22H2. The molecule has 0 spiro atoms. The lowest BCUT2D eigenvalue weighted by Gasteiger charge is -2.36. The van der Waals surface area contributed by atoms with Crippen LogP contribution in [0.5, 0.6) is 0 Å². The summed E-state index contributed by atoms with van der Waals surface area (Å²) in [5, 5.41) is 0. The van der Waals surface area contributed by atoms with Gasteiger partial charge in [0.25, 0.3) is 0 Å². The molecule has 0 aliphatic carbocycles. The number of hydrogen-bond acceptors (Lipinski definition) is 2. The van der Waals surface area contributed by atoms with Crippen LogP contribution in [0.15, 0.2) is 121 Å². The minimum atomic E-state index is -0.403. The highest BCUT2D eigenvalue weighted by molar-refractivity contribution is 7.82. The summed E-state index contributed by atoms with van der Waals surface area (Å²) >= 11 is 10.6. The van der Waals surface area contributed by atoms with Gasteiger partial charge in [0.1, 0.15) is 0 Å². The lowest BCUT2D eigenvalue weighted by atomic mass is 9.79. The van der Waals surface area contributed by atoms with Gasteiger partial charge in [0.05, 0.1) is 9.49 Å². The molecule has 0 heterocycles. The van der Waals surface area contributed by atoms with E-state index in [2.05, 4.69) is 121 Å². The van der Waals surface area contributed by atoms with Crippen LogP contribution in [0.3, 0.4) is 0 Å². The Morgan fingerprint density at radius 2 is 0.567 bits per heavy atom. The van der Waals surface area contributed by atoms with Crippen LogP contribution in [0.2, 0.25) is 0 Å². The van der Waals surface area contributed by atoms with Crippen molar-refractivity contribution in [3.63, 3.8) is 0 Å². The van der Waals surface area contributed by atoms with E-state index in [-0.39, 0.29) is 0 Å². The molecule has 4 rings (SSSR count). The first kappa shape index (κ1) is 20.8. The van der Waals surface area contributed by atoms with Crippen molar-refractivity contribution in [1.82, 2.24) is 0 Å². The van der Waals surface area contributed by atoms with Crippen molar-refractivity contribution in [2.45, 2.75) is 22.3 Å². The maximum absolute atomic E-state index is 5.30. The molecule has 0 atom stereocenters. The van der Waals surface area contributed by atoms with Crippen molar-refractivity contribution in [2.75, 3.05) is 0 Å². The fraction of sp³-hybridized carbons (Fsp3) is 0.143. The summed E-state index contributed by atoms with van der Waals surface area (Å²) < 4.78 is -0.805. The molecule has 0 bridgehead atoms. The van der Waals surface area contributed by atoms with Crippen molar-refractivity contribution in [3.8, 4) is 0 Å². The number of hydrogen-bond donors (Lipinski definition) is 2. The Balaban J connectivity index is 1.76. The molecule has 0 saturated carbocycles. The quantitative estimate of drug-likeness (QED) is 0.281. The topological polar surface area (TPSA) is 0 Å². The van der Waals surface area contributed by atoms with Crippen molar-refractivity contribution < 1.29 is 0 Å².